The van der Waals surface area contributed by atoms with Gasteiger partial charge < -0.3 is 16.0 Å². The third kappa shape index (κ3) is 5.58. The molecule has 1 heterocycles. The number of rotatable bonds is 7. The van der Waals surface area contributed by atoms with Gasteiger partial charge in [-0.15, -0.1) is 6.42 Å². The molecule has 0 aromatic heterocycles. The van der Waals surface area contributed by atoms with Gasteiger partial charge in [-0.25, -0.2) is 0 Å². The Labute approximate surface area is 171 Å². The SMILES string of the molecule is C#CCNC(=O)c1ccccc1NC(=O)CCCC1NC(=O)C2CCCCC2N1. The van der Waals surface area contributed by atoms with Gasteiger partial charge in [0.05, 0.1) is 29.9 Å². The summed E-state index contributed by atoms with van der Waals surface area (Å²) >= 11 is 0. The van der Waals surface area contributed by atoms with E-state index in [9.17, 15) is 14.4 Å². The highest BCUT2D eigenvalue weighted by atomic mass is 16.2. The number of anilines is 1. The molecule has 0 spiro atoms. The lowest BCUT2D eigenvalue weighted by Gasteiger charge is -2.40. The van der Waals surface area contributed by atoms with Crippen molar-refractivity contribution >= 4 is 23.4 Å². The van der Waals surface area contributed by atoms with Crippen LogP contribution in [0.2, 0.25) is 0 Å². The highest BCUT2D eigenvalue weighted by molar-refractivity contribution is 6.03. The first-order chi connectivity index (χ1) is 14.1. The van der Waals surface area contributed by atoms with Crippen molar-refractivity contribution in [2.75, 3.05) is 11.9 Å². The van der Waals surface area contributed by atoms with Gasteiger partial charge in [0.1, 0.15) is 0 Å². The molecule has 4 N–H and O–H groups in total. The first kappa shape index (κ1) is 20.9. The van der Waals surface area contributed by atoms with Crippen LogP contribution in [0.25, 0.3) is 0 Å². The van der Waals surface area contributed by atoms with Gasteiger partial charge in [-0.3, -0.25) is 19.7 Å². The Morgan fingerprint density at radius 3 is 2.83 bits per heavy atom. The Morgan fingerprint density at radius 1 is 1.21 bits per heavy atom. The van der Waals surface area contributed by atoms with E-state index < -0.39 is 0 Å². The number of hydrogen-bond acceptors (Lipinski definition) is 4. The summed E-state index contributed by atoms with van der Waals surface area (Å²) in [5.74, 6) is 2.08. The van der Waals surface area contributed by atoms with Gasteiger partial charge in [-0.2, -0.15) is 0 Å². The van der Waals surface area contributed by atoms with Crippen molar-refractivity contribution in [3.63, 3.8) is 0 Å². The van der Waals surface area contributed by atoms with Crippen molar-refractivity contribution in [2.45, 2.75) is 57.2 Å². The highest BCUT2D eigenvalue weighted by Crippen LogP contribution is 2.27. The Morgan fingerprint density at radius 2 is 2.00 bits per heavy atom. The number of hydrogen-bond donors (Lipinski definition) is 4. The Bertz CT molecular complexity index is 801. The monoisotopic (exact) mass is 396 g/mol. The molecule has 1 aliphatic heterocycles. The standard InChI is InChI=1S/C22H28N4O3/c1-2-14-23-21(28)15-8-3-6-11-18(15)25-20(27)13-7-12-19-24-17-10-5-4-9-16(17)22(29)26-19/h1,3,6,8,11,16-17,19,24H,4-5,7,9-10,12-14H2,(H,23,28)(H,25,27)(H,26,29). The quantitative estimate of drug-likeness (QED) is 0.528. The minimum atomic E-state index is -0.324. The molecule has 7 heteroatoms. The molecule has 3 unspecified atom stereocenters. The van der Waals surface area contributed by atoms with E-state index in [1.165, 1.54) is 0 Å². The Hall–Kier alpha value is -2.85. The van der Waals surface area contributed by atoms with Gasteiger partial charge in [0.2, 0.25) is 11.8 Å². The molecule has 3 rings (SSSR count). The van der Waals surface area contributed by atoms with Crippen molar-refractivity contribution < 1.29 is 14.4 Å². The summed E-state index contributed by atoms with van der Waals surface area (Å²) in [6.07, 6.45) is 11.0. The predicted molar refractivity (Wildman–Crippen MR) is 111 cm³/mol. The summed E-state index contributed by atoms with van der Waals surface area (Å²) in [6.45, 7) is 0.128. The molecule has 2 aliphatic rings. The molecule has 1 saturated heterocycles. The second kappa shape index (κ2) is 10.1. The van der Waals surface area contributed by atoms with Crippen LogP contribution in [-0.4, -0.2) is 36.5 Å². The van der Waals surface area contributed by atoms with Crippen LogP contribution in [0, 0.1) is 18.3 Å². The van der Waals surface area contributed by atoms with Crippen LogP contribution in [0.1, 0.15) is 55.3 Å². The summed E-state index contributed by atoms with van der Waals surface area (Å²) < 4.78 is 0. The van der Waals surface area contributed by atoms with Gasteiger partial charge in [-0.1, -0.05) is 30.9 Å². The number of carbonyl (C=O) groups excluding carboxylic acids is 3. The van der Waals surface area contributed by atoms with Crippen LogP contribution in [-0.2, 0) is 9.59 Å². The lowest BCUT2D eigenvalue weighted by molar-refractivity contribution is -0.130. The third-order valence-electron chi connectivity index (χ3n) is 5.53. The lowest BCUT2D eigenvalue weighted by Crippen LogP contribution is -2.62. The summed E-state index contributed by atoms with van der Waals surface area (Å²) in [5, 5.41) is 12.0. The minimum Gasteiger partial charge on any atom is -0.341 e. The van der Waals surface area contributed by atoms with E-state index in [-0.39, 0.29) is 42.4 Å². The first-order valence-electron chi connectivity index (χ1n) is 10.3. The Kier molecular flexibility index (Phi) is 7.25. The van der Waals surface area contributed by atoms with Gasteiger partial charge in [0.25, 0.3) is 5.91 Å². The molecule has 29 heavy (non-hydrogen) atoms. The topological polar surface area (TPSA) is 99.3 Å². The zero-order valence-corrected chi connectivity index (χ0v) is 16.5. The molecular formula is C22H28N4O3. The summed E-state index contributed by atoms with van der Waals surface area (Å²) in [5.41, 5.74) is 0.835. The van der Waals surface area contributed by atoms with Crippen molar-refractivity contribution in [1.29, 1.82) is 0 Å². The molecule has 1 saturated carbocycles. The molecule has 7 nitrogen and oxygen atoms in total. The molecule has 2 fully saturated rings. The van der Waals surface area contributed by atoms with E-state index in [4.69, 9.17) is 6.42 Å². The highest BCUT2D eigenvalue weighted by Gasteiger charge is 2.36. The van der Waals surface area contributed by atoms with Crippen LogP contribution in [0.15, 0.2) is 24.3 Å². The van der Waals surface area contributed by atoms with Crippen molar-refractivity contribution in [3.05, 3.63) is 29.8 Å². The number of benzene rings is 1. The molecule has 154 valence electrons. The van der Waals surface area contributed by atoms with Crippen molar-refractivity contribution in [3.8, 4) is 12.3 Å². The molecule has 1 aliphatic carbocycles. The van der Waals surface area contributed by atoms with E-state index in [0.29, 0.717) is 30.5 Å². The van der Waals surface area contributed by atoms with E-state index in [1.807, 2.05) is 0 Å². The van der Waals surface area contributed by atoms with Crippen LogP contribution in [0.3, 0.4) is 0 Å². The number of nitrogens with one attached hydrogen (secondary N) is 4. The van der Waals surface area contributed by atoms with Gasteiger partial charge in [0, 0.05) is 12.5 Å². The molecule has 0 radical (unpaired) electrons. The first-order valence-corrected chi connectivity index (χ1v) is 10.3. The predicted octanol–water partition coefficient (Wildman–Crippen LogP) is 1.76. The summed E-state index contributed by atoms with van der Waals surface area (Å²) in [7, 11) is 0. The third-order valence-corrected chi connectivity index (χ3v) is 5.53. The maximum absolute atomic E-state index is 12.4. The second-order valence-corrected chi connectivity index (χ2v) is 7.60. The lowest BCUT2D eigenvalue weighted by atomic mass is 9.82. The minimum absolute atomic E-state index is 0.0837. The summed E-state index contributed by atoms with van der Waals surface area (Å²) in [4.78, 5) is 36.8. The molecule has 0 bridgehead atoms. The maximum atomic E-state index is 12.4. The molecule has 3 amide bonds. The zero-order valence-electron chi connectivity index (χ0n) is 16.5. The van der Waals surface area contributed by atoms with E-state index in [2.05, 4.69) is 27.2 Å². The zero-order chi connectivity index (χ0) is 20.6. The normalized spacial score (nSPS) is 23.3. The average molecular weight is 396 g/mol. The van der Waals surface area contributed by atoms with Gasteiger partial charge >= 0.3 is 0 Å². The number of fused-ring (bicyclic) bond motifs is 1. The van der Waals surface area contributed by atoms with E-state index in [0.717, 1.165) is 25.7 Å². The van der Waals surface area contributed by atoms with Crippen LogP contribution in [0.4, 0.5) is 5.69 Å². The number of terminal acetylenes is 1. The van der Waals surface area contributed by atoms with Crippen LogP contribution in [0.5, 0.6) is 0 Å². The number of amides is 3. The molecule has 3 atom stereocenters. The summed E-state index contributed by atoms with van der Waals surface area (Å²) in [6, 6.07) is 7.08. The van der Waals surface area contributed by atoms with Crippen LogP contribution < -0.4 is 21.3 Å². The maximum Gasteiger partial charge on any atom is 0.254 e. The second-order valence-electron chi connectivity index (χ2n) is 7.60. The smallest absolute Gasteiger partial charge is 0.254 e. The number of para-hydroxylation sites is 1. The van der Waals surface area contributed by atoms with Crippen molar-refractivity contribution in [2.24, 2.45) is 5.92 Å². The molecule has 1 aromatic carbocycles. The fourth-order valence-electron chi connectivity index (χ4n) is 4.07. The number of carbonyl (C=O) groups is 3. The van der Waals surface area contributed by atoms with Crippen molar-refractivity contribution in [1.82, 2.24) is 16.0 Å². The van der Waals surface area contributed by atoms with E-state index >= 15 is 0 Å². The fraction of sp³-hybridized carbons (Fsp3) is 0.500. The van der Waals surface area contributed by atoms with Gasteiger partial charge in [-0.05, 0) is 37.8 Å². The van der Waals surface area contributed by atoms with E-state index in [1.54, 1.807) is 24.3 Å². The molecule has 1 aromatic rings. The largest absolute Gasteiger partial charge is 0.341 e. The Balaban J connectivity index is 1.47. The fourth-order valence-corrected chi connectivity index (χ4v) is 4.07. The van der Waals surface area contributed by atoms with Crippen LogP contribution >= 0.6 is 0 Å². The molecular weight excluding hydrogens is 368 g/mol. The average Bonchev–Trinajstić information content (AvgIpc) is 2.72. The van der Waals surface area contributed by atoms with Gasteiger partial charge in [0.15, 0.2) is 0 Å².